The summed E-state index contributed by atoms with van der Waals surface area (Å²) in [5.74, 6) is -4.33. The summed E-state index contributed by atoms with van der Waals surface area (Å²) in [6, 6.07) is -0.774. The molecular formula is C13H19F2NO3. The van der Waals surface area contributed by atoms with E-state index in [0.29, 0.717) is 13.0 Å². The average molecular weight is 275 g/mol. The quantitative estimate of drug-likeness (QED) is 0.841. The number of piperidine rings is 1. The Hall–Kier alpha value is -1.20. The largest absolute Gasteiger partial charge is 0.480 e. The molecule has 0 radical (unpaired) electrons. The molecule has 2 fully saturated rings. The van der Waals surface area contributed by atoms with Gasteiger partial charge in [0.1, 0.15) is 6.04 Å². The summed E-state index contributed by atoms with van der Waals surface area (Å²) in [5, 5.41) is 9.13. The van der Waals surface area contributed by atoms with E-state index >= 15 is 0 Å². The van der Waals surface area contributed by atoms with E-state index in [4.69, 9.17) is 5.11 Å². The second-order valence-corrected chi connectivity index (χ2v) is 5.51. The fraction of sp³-hybridized carbons (Fsp3) is 0.846. The van der Waals surface area contributed by atoms with Crippen molar-refractivity contribution in [3.63, 3.8) is 0 Å². The predicted octanol–water partition coefficient (Wildman–Crippen LogP) is 2.28. The minimum absolute atomic E-state index is 0.161. The van der Waals surface area contributed by atoms with Gasteiger partial charge in [-0.3, -0.25) is 4.79 Å². The molecule has 4 nitrogen and oxygen atoms in total. The number of carbonyl (C=O) groups excluding carboxylic acids is 1. The van der Waals surface area contributed by atoms with Crippen LogP contribution in [0.4, 0.5) is 8.78 Å². The fourth-order valence-corrected chi connectivity index (χ4v) is 2.97. The molecule has 2 aliphatic rings. The van der Waals surface area contributed by atoms with Gasteiger partial charge in [-0.1, -0.05) is 0 Å². The molecule has 0 aromatic carbocycles. The zero-order valence-corrected chi connectivity index (χ0v) is 10.8. The van der Waals surface area contributed by atoms with Gasteiger partial charge in [-0.2, -0.15) is 0 Å². The second-order valence-electron chi connectivity index (χ2n) is 5.51. The Bertz CT molecular complexity index is 363. The molecule has 1 heterocycles. The van der Waals surface area contributed by atoms with E-state index < -0.39 is 23.9 Å². The number of carboxylic acids is 1. The highest BCUT2D eigenvalue weighted by atomic mass is 19.3. The molecular weight excluding hydrogens is 256 g/mol. The number of amides is 1. The van der Waals surface area contributed by atoms with Crippen molar-refractivity contribution < 1.29 is 23.5 Å². The van der Waals surface area contributed by atoms with Gasteiger partial charge in [-0.25, -0.2) is 13.6 Å². The lowest BCUT2D eigenvalue weighted by atomic mass is 9.85. The second kappa shape index (κ2) is 5.43. The van der Waals surface area contributed by atoms with Gasteiger partial charge in [-0.05, 0) is 32.1 Å². The zero-order valence-electron chi connectivity index (χ0n) is 10.8. The lowest BCUT2D eigenvalue weighted by molar-refractivity contribution is -0.155. The first kappa shape index (κ1) is 14.2. The first-order valence-corrected chi connectivity index (χ1v) is 6.82. The Labute approximate surface area is 110 Å². The van der Waals surface area contributed by atoms with E-state index in [0.717, 1.165) is 12.8 Å². The first-order chi connectivity index (χ1) is 8.91. The smallest absolute Gasteiger partial charge is 0.326 e. The molecule has 0 aromatic heterocycles. The summed E-state index contributed by atoms with van der Waals surface area (Å²) in [6.45, 7) is 0.433. The number of aliphatic carboxylic acids is 1. The molecule has 0 bridgehead atoms. The number of likely N-dealkylation sites (tertiary alicyclic amines) is 1. The molecule has 1 saturated heterocycles. The summed E-state index contributed by atoms with van der Waals surface area (Å²) >= 11 is 0. The molecule has 0 aromatic rings. The Morgan fingerprint density at radius 3 is 2.32 bits per heavy atom. The highest BCUT2D eigenvalue weighted by Gasteiger charge is 2.41. The van der Waals surface area contributed by atoms with Crippen LogP contribution in [-0.4, -0.2) is 40.4 Å². The van der Waals surface area contributed by atoms with Crippen LogP contribution in [0.2, 0.25) is 0 Å². The van der Waals surface area contributed by atoms with Gasteiger partial charge in [0.05, 0.1) is 0 Å². The topological polar surface area (TPSA) is 57.6 Å². The molecule has 6 heteroatoms. The molecule has 19 heavy (non-hydrogen) atoms. The van der Waals surface area contributed by atoms with E-state index in [2.05, 4.69) is 0 Å². The van der Waals surface area contributed by atoms with E-state index in [1.807, 2.05) is 0 Å². The summed E-state index contributed by atoms with van der Waals surface area (Å²) < 4.78 is 26.1. The monoisotopic (exact) mass is 275 g/mol. The number of carbonyl (C=O) groups is 2. The number of halogens is 2. The number of nitrogens with zero attached hydrogens (tertiary/aromatic N) is 1. The van der Waals surface area contributed by atoms with Crippen LogP contribution < -0.4 is 0 Å². The van der Waals surface area contributed by atoms with Crippen molar-refractivity contribution in [2.75, 3.05) is 6.54 Å². The van der Waals surface area contributed by atoms with E-state index in [-0.39, 0.29) is 31.6 Å². The van der Waals surface area contributed by atoms with Gasteiger partial charge < -0.3 is 10.0 Å². The third-order valence-corrected chi connectivity index (χ3v) is 4.14. The molecule has 0 spiro atoms. The van der Waals surface area contributed by atoms with E-state index in [1.54, 1.807) is 0 Å². The molecule has 1 aliphatic carbocycles. The van der Waals surface area contributed by atoms with Crippen LogP contribution in [0, 0.1) is 5.92 Å². The van der Waals surface area contributed by atoms with Crippen LogP contribution in [0.25, 0.3) is 0 Å². The molecule has 1 atom stereocenters. The maximum absolute atomic E-state index is 13.1. The van der Waals surface area contributed by atoms with Crippen molar-refractivity contribution in [2.45, 2.75) is 56.9 Å². The van der Waals surface area contributed by atoms with Crippen LogP contribution >= 0.6 is 0 Å². The normalized spacial score (nSPS) is 28.1. The third-order valence-electron chi connectivity index (χ3n) is 4.14. The van der Waals surface area contributed by atoms with Gasteiger partial charge in [-0.15, -0.1) is 0 Å². The van der Waals surface area contributed by atoms with Crippen molar-refractivity contribution in [2.24, 2.45) is 5.92 Å². The molecule has 108 valence electrons. The zero-order chi connectivity index (χ0) is 14.0. The number of rotatable bonds is 2. The van der Waals surface area contributed by atoms with Crippen LogP contribution in [0.15, 0.2) is 0 Å². The Balaban J connectivity index is 2.00. The number of hydrogen-bond donors (Lipinski definition) is 1. The minimum Gasteiger partial charge on any atom is -0.480 e. The SMILES string of the molecule is O=C(O)C1CCCCN1C(=O)C1CCC(F)(F)CC1. The molecule has 1 amide bonds. The van der Waals surface area contributed by atoms with E-state index in [9.17, 15) is 18.4 Å². The van der Waals surface area contributed by atoms with Crippen LogP contribution in [0.1, 0.15) is 44.9 Å². The first-order valence-electron chi connectivity index (χ1n) is 6.82. The Kier molecular flexibility index (Phi) is 4.06. The average Bonchev–Trinajstić information content (AvgIpc) is 2.38. The van der Waals surface area contributed by atoms with Gasteiger partial charge >= 0.3 is 5.97 Å². The summed E-state index contributed by atoms with van der Waals surface area (Å²) in [6.07, 6.45) is 1.83. The van der Waals surface area contributed by atoms with E-state index in [1.165, 1.54) is 4.90 Å². The maximum Gasteiger partial charge on any atom is 0.326 e. The highest BCUT2D eigenvalue weighted by molar-refractivity contribution is 5.85. The molecule has 1 N–H and O–H groups in total. The van der Waals surface area contributed by atoms with Crippen LogP contribution in [0.5, 0.6) is 0 Å². The highest BCUT2D eigenvalue weighted by Crippen LogP contribution is 2.37. The molecule has 1 aliphatic heterocycles. The standard InChI is InChI=1S/C13H19F2NO3/c14-13(15)6-4-9(5-7-13)11(17)16-8-2-1-3-10(16)12(18)19/h9-10H,1-8H2,(H,18,19). The van der Waals surface area contributed by atoms with Crippen molar-refractivity contribution >= 4 is 11.9 Å². The maximum atomic E-state index is 13.1. The van der Waals surface area contributed by atoms with Gasteiger partial charge in [0, 0.05) is 25.3 Å². The Morgan fingerprint density at radius 1 is 1.11 bits per heavy atom. The number of alkyl halides is 2. The lowest BCUT2D eigenvalue weighted by Crippen LogP contribution is -2.50. The third kappa shape index (κ3) is 3.22. The number of hydrogen-bond acceptors (Lipinski definition) is 2. The summed E-state index contributed by atoms with van der Waals surface area (Å²) in [7, 11) is 0. The van der Waals surface area contributed by atoms with Crippen molar-refractivity contribution in [3.8, 4) is 0 Å². The van der Waals surface area contributed by atoms with Gasteiger partial charge in [0.15, 0.2) is 0 Å². The van der Waals surface area contributed by atoms with Gasteiger partial charge in [0.2, 0.25) is 11.8 Å². The summed E-state index contributed by atoms with van der Waals surface area (Å²) in [5.41, 5.74) is 0. The van der Waals surface area contributed by atoms with Crippen molar-refractivity contribution in [1.29, 1.82) is 0 Å². The van der Waals surface area contributed by atoms with Gasteiger partial charge in [0.25, 0.3) is 0 Å². The minimum atomic E-state index is -2.66. The number of carboxylic acid groups (broad SMARTS) is 1. The summed E-state index contributed by atoms with van der Waals surface area (Å²) in [4.78, 5) is 24.8. The van der Waals surface area contributed by atoms with Crippen LogP contribution in [-0.2, 0) is 9.59 Å². The lowest BCUT2D eigenvalue weighted by Gasteiger charge is -2.37. The van der Waals surface area contributed by atoms with Crippen LogP contribution in [0.3, 0.4) is 0 Å². The fourth-order valence-electron chi connectivity index (χ4n) is 2.97. The Morgan fingerprint density at radius 2 is 1.74 bits per heavy atom. The molecule has 1 unspecified atom stereocenters. The molecule has 1 saturated carbocycles. The van der Waals surface area contributed by atoms with Crippen molar-refractivity contribution in [1.82, 2.24) is 4.90 Å². The van der Waals surface area contributed by atoms with Crippen molar-refractivity contribution in [3.05, 3.63) is 0 Å². The molecule has 2 rings (SSSR count). The predicted molar refractivity (Wildman–Crippen MR) is 63.9 cm³/mol.